The number of amides is 2. The number of nitrogens with one attached hydrogen (secondary N) is 1. The molecule has 0 aromatic heterocycles. The number of hydrogen-bond acceptors (Lipinski definition) is 4. The second-order valence-corrected chi connectivity index (χ2v) is 13.3. The maximum atomic E-state index is 14.1. The Balaban J connectivity index is 1.68. The summed E-state index contributed by atoms with van der Waals surface area (Å²) in [6.45, 7) is 3.23. The summed E-state index contributed by atoms with van der Waals surface area (Å²) in [6, 6.07) is 19.3. The zero-order chi connectivity index (χ0) is 30.3. The highest BCUT2D eigenvalue weighted by molar-refractivity contribution is 7.92. The summed E-state index contributed by atoms with van der Waals surface area (Å²) in [5.41, 5.74) is 2.06. The summed E-state index contributed by atoms with van der Waals surface area (Å²) in [5, 5.41) is 3.80. The molecule has 7 nitrogen and oxygen atoms in total. The highest BCUT2D eigenvalue weighted by Gasteiger charge is 2.33. The van der Waals surface area contributed by atoms with E-state index in [2.05, 4.69) is 5.32 Å². The third kappa shape index (κ3) is 7.85. The van der Waals surface area contributed by atoms with Gasteiger partial charge in [-0.05, 0) is 73.7 Å². The van der Waals surface area contributed by atoms with Gasteiger partial charge >= 0.3 is 0 Å². The largest absolute Gasteiger partial charge is 0.352 e. The van der Waals surface area contributed by atoms with Crippen LogP contribution in [0.25, 0.3) is 0 Å². The van der Waals surface area contributed by atoms with Gasteiger partial charge in [0.2, 0.25) is 11.8 Å². The molecule has 1 saturated carbocycles. The fourth-order valence-electron chi connectivity index (χ4n) is 5.13. The standard InChI is InChI=1S/C32H37Cl2N3O4S/c1-3-24-14-17-27(18-15-24)37(42(40,41)28-12-8-5-9-13-28)22-31(38)36(21-25-16-19-29(33)30(34)20-25)23(2)32(39)35-26-10-6-4-7-11-26/h5,8-9,12-20,23,26H,3-4,6-7,10-11,21-22H2,1-2H3,(H,35,39). The maximum absolute atomic E-state index is 14.1. The fraction of sp³-hybridized carbons (Fsp3) is 0.375. The molecule has 0 aliphatic heterocycles. The van der Waals surface area contributed by atoms with Crippen molar-refractivity contribution in [1.29, 1.82) is 0 Å². The summed E-state index contributed by atoms with van der Waals surface area (Å²) in [6.07, 6.45) is 5.83. The first-order chi connectivity index (χ1) is 20.1. The van der Waals surface area contributed by atoms with Crippen LogP contribution in [0.2, 0.25) is 10.0 Å². The molecule has 3 aromatic carbocycles. The predicted molar refractivity (Wildman–Crippen MR) is 168 cm³/mol. The van der Waals surface area contributed by atoms with E-state index in [0.29, 0.717) is 21.3 Å². The van der Waals surface area contributed by atoms with Crippen molar-refractivity contribution in [2.75, 3.05) is 10.8 Å². The van der Waals surface area contributed by atoms with Gasteiger partial charge < -0.3 is 10.2 Å². The van der Waals surface area contributed by atoms with Crippen LogP contribution in [0.4, 0.5) is 5.69 Å². The van der Waals surface area contributed by atoms with E-state index < -0.39 is 28.5 Å². The third-order valence-electron chi connectivity index (χ3n) is 7.70. The molecule has 0 bridgehead atoms. The minimum atomic E-state index is -4.11. The zero-order valence-corrected chi connectivity index (χ0v) is 26.3. The zero-order valence-electron chi connectivity index (χ0n) is 23.9. The molecule has 0 spiro atoms. The molecule has 1 unspecified atom stereocenters. The second kappa shape index (κ2) is 14.4. The Bertz CT molecular complexity index is 1480. The number of aryl methyl sites for hydroxylation is 1. The highest BCUT2D eigenvalue weighted by Crippen LogP contribution is 2.27. The van der Waals surface area contributed by atoms with E-state index in [0.717, 1.165) is 48.4 Å². The number of hydrogen-bond donors (Lipinski definition) is 1. The van der Waals surface area contributed by atoms with Crippen LogP contribution in [-0.2, 0) is 32.6 Å². The van der Waals surface area contributed by atoms with E-state index in [4.69, 9.17) is 23.2 Å². The van der Waals surface area contributed by atoms with Crippen LogP contribution in [0.15, 0.2) is 77.7 Å². The smallest absolute Gasteiger partial charge is 0.264 e. The number of nitrogens with zero attached hydrogens (tertiary/aromatic N) is 2. The van der Waals surface area contributed by atoms with E-state index >= 15 is 0 Å². The Morgan fingerprint density at radius 3 is 2.17 bits per heavy atom. The van der Waals surface area contributed by atoms with Crippen molar-refractivity contribution in [3.8, 4) is 0 Å². The first-order valence-electron chi connectivity index (χ1n) is 14.3. The monoisotopic (exact) mass is 629 g/mol. The van der Waals surface area contributed by atoms with Crippen LogP contribution >= 0.6 is 23.2 Å². The van der Waals surface area contributed by atoms with Gasteiger partial charge in [0.1, 0.15) is 12.6 Å². The quantitative estimate of drug-likeness (QED) is 0.258. The van der Waals surface area contributed by atoms with Crippen LogP contribution in [0.1, 0.15) is 57.1 Å². The van der Waals surface area contributed by atoms with Crippen molar-refractivity contribution < 1.29 is 18.0 Å². The van der Waals surface area contributed by atoms with E-state index in [-0.39, 0.29) is 23.4 Å². The average molecular weight is 631 g/mol. The highest BCUT2D eigenvalue weighted by atomic mass is 35.5. The Morgan fingerprint density at radius 1 is 0.905 bits per heavy atom. The maximum Gasteiger partial charge on any atom is 0.264 e. The molecule has 1 atom stereocenters. The minimum absolute atomic E-state index is 0.0446. The van der Waals surface area contributed by atoms with E-state index in [1.807, 2.05) is 19.1 Å². The van der Waals surface area contributed by atoms with Gasteiger partial charge in [-0.3, -0.25) is 13.9 Å². The van der Waals surface area contributed by atoms with Crippen LogP contribution in [0.3, 0.4) is 0 Å². The van der Waals surface area contributed by atoms with Crippen LogP contribution in [-0.4, -0.2) is 43.8 Å². The van der Waals surface area contributed by atoms with Gasteiger partial charge in [0.15, 0.2) is 0 Å². The number of carbonyl (C=O) groups excluding carboxylic acids is 2. The minimum Gasteiger partial charge on any atom is -0.352 e. The van der Waals surface area contributed by atoms with E-state index in [1.54, 1.807) is 55.5 Å². The average Bonchev–Trinajstić information content (AvgIpc) is 3.00. The SMILES string of the molecule is CCc1ccc(N(CC(=O)N(Cc2ccc(Cl)c(Cl)c2)C(C)C(=O)NC2CCCCC2)S(=O)(=O)c2ccccc2)cc1. The van der Waals surface area contributed by atoms with Gasteiger partial charge in [-0.15, -0.1) is 0 Å². The van der Waals surface area contributed by atoms with E-state index in [9.17, 15) is 18.0 Å². The summed E-state index contributed by atoms with van der Waals surface area (Å²) in [5.74, 6) is -0.800. The molecular weight excluding hydrogens is 593 g/mol. The van der Waals surface area contributed by atoms with Crippen molar-refractivity contribution in [3.63, 3.8) is 0 Å². The number of halogens is 2. The molecule has 0 radical (unpaired) electrons. The first-order valence-corrected chi connectivity index (χ1v) is 16.5. The number of rotatable bonds is 11. The van der Waals surface area contributed by atoms with Gasteiger partial charge in [-0.25, -0.2) is 8.42 Å². The molecule has 0 saturated heterocycles. The molecule has 224 valence electrons. The Labute approximate surface area is 258 Å². The lowest BCUT2D eigenvalue weighted by atomic mass is 9.95. The van der Waals surface area contributed by atoms with Gasteiger partial charge in [0, 0.05) is 12.6 Å². The van der Waals surface area contributed by atoms with Crippen LogP contribution in [0.5, 0.6) is 0 Å². The van der Waals surface area contributed by atoms with Crippen LogP contribution < -0.4 is 9.62 Å². The first kappa shape index (κ1) is 31.9. The molecule has 3 aromatic rings. The van der Waals surface area contributed by atoms with Gasteiger partial charge in [0.25, 0.3) is 10.0 Å². The third-order valence-corrected chi connectivity index (χ3v) is 10.2. The summed E-state index contributed by atoms with van der Waals surface area (Å²) in [4.78, 5) is 29.0. The van der Waals surface area contributed by atoms with Gasteiger partial charge in [-0.2, -0.15) is 0 Å². The molecule has 1 fully saturated rings. The van der Waals surface area contributed by atoms with Crippen LogP contribution in [0, 0.1) is 0 Å². The predicted octanol–water partition coefficient (Wildman–Crippen LogP) is 6.62. The van der Waals surface area contributed by atoms with Crippen molar-refractivity contribution in [1.82, 2.24) is 10.2 Å². The molecule has 4 rings (SSSR count). The summed E-state index contributed by atoms with van der Waals surface area (Å²) >= 11 is 12.4. The molecular formula is C32H37Cl2N3O4S. The topological polar surface area (TPSA) is 86.8 Å². The second-order valence-electron chi connectivity index (χ2n) is 10.6. The number of benzene rings is 3. The van der Waals surface area contributed by atoms with Crippen molar-refractivity contribution in [2.45, 2.75) is 75.9 Å². The van der Waals surface area contributed by atoms with Crippen molar-refractivity contribution in [2.24, 2.45) is 0 Å². The Morgan fingerprint density at radius 2 is 1.55 bits per heavy atom. The van der Waals surface area contributed by atoms with Crippen molar-refractivity contribution in [3.05, 3.63) is 94.0 Å². The fourth-order valence-corrected chi connectivity index (χ4v) is 6.89. The lowest BCUT2D eigenvalue weighted by molar-refractivity contribution is -0.139. The summed E-state index contributed by atoms with van der Waals surface area (Å²) in [7, 11) is -4.11. The number of sulfonamides is 1. The normalized spacial score (nSPS) is 14.7. The Kier molecular flexibility index (Phi) is 10.9. The lowest BCUT2D eigenvalue weighted by Gasteiger charge is -2.33. The lowest BCUT2D eigenvalue weighted by Crippen LogP contribution is -2.53. The number of anilines is 1. The van der Waals surface area contributed by atoms with Gasteiger partial charge in [0.05, 0.1) is 20.6 Å². The van der Waals surface area contributed by atoms with Crippen molar-refractivity contribution >= 4 is 50.7 Å². The number of carbonyl (C=O) groups is 2. The molecule has 1 aliphatic carbocycles. The molecule has 0 heterocycles. The molecule has 1 N–H and O–H groups in total. The molecule has 2 amide bonds. The van der Waals surface area contributed by atoms with Gasteiger partial charge in [-0.1, -0.05) is 85.8 Å². The Hall–Kier alpha value is -3.07. The van der Waals surface area contributed by atoms with E-state index in [1.165, 1.54) is 17.0 Å². The summed E-state index contributed by atoms with van der Waals surface area (Å²) < 4.78 is 28.9. The molecule has 10 heteroatoms. The molecule has 42 heavy (non-hydrogen) atoms. The molecule has 1 aliphatic rings.